The van der Waals surface area contributed by atoms with Crippen LogP contribution in [-0.2, 0) is 23.1 Å². The van der Waals surface area contributed by atoms with Gasteiger partial charge in [-0.3, -0.25) is 24.3 Å². The first-order valence-electron chi connectivity index (χ1n) is 12.3. The Balaban J connectivity index is 1.80. The second-order valence-electron chi connectivity index (χ2n) is 10.3. The summed E-state index contributed by atoms with van der Waals surface area (Å²) in [5.74, 6) is 0. The molecule has 0 saturated heterocycles. The summed E-state index contributed by atoms with van der Waals surface area (Å²) in [5.41, 5.74) is 4.55. The van der Waals surface area contributed by atoms with Crippen molar-refractivity contribution < 1.29 is 4.55 Å². The zero-order chi connectivity index (χ0) is 27.9. The Kier molecular flexibility index (Phi) is 7.24. The van der Waals surface area contributed by atoms with Gasteiger partial charge in [0.15, 0.2) is 5.65 Å². The molecular weight excluding hydrogens is 532 g/mol. The molecule has 1 unspecified atom stereocenters. The molecule has 1 aromatic carbocycles. The number of nitrogens with zero attached hydrogens (tertiary/aromatic N) is 6. The van der Waals surface area contributed by atoms with E-state index in [1.54, 1.807) is 41.5 Å². The van der Waals surface area contributed by atoms with Crippen molar-refractivity contribution >= 4 is 33.8 Å². The molecule has 5 aromatic rings. The predicted octanol–water partition coefficient (Wildman–Crippen LogP) is 5.36. The van der Waals surface area contributed by atoms with Gasteiger partial charge in [0.25, 0.3) is 5.56 Å². The summed E-state index contributed by atoms with van der Waals surface area (Å²) in [6.07, 6.45) is 8.20. The van der Waals surface area contributed by atoms with Crippen molar-refractivity contribution in [2.45, 2.75) is 44.8 Å². The van der Waals surface area contributed by atoms with E-state index in [9.17, 15) is 9.35 Å². The van der Waals surface area contributed by atoms with Crippen LogP contribution in [0.5, 0.6) is 0 Å². The van der Waals surface area contributed by atoms with Gasteiger partial charge in [-0.25, -0.2) is 0 Å². The third-order valence-corrected chi connectivity index (χ3v) is 7.38. The van der Waals surface area contributed by atoms with Crippen LogP contribution in [0.25, 0.3) is 33.4 Å². The Morgan fingerprint density at radius 1 is 1.03 bits per heavy atom. The molecule has 10 heteroatoms. The Labute approximate surface area is 234 Å². The summed E-state index contributed by atoms with van der Waals surface area (Å²) in [4.78, 5) is 36.4. The van der Waals surface area contributed by atoms with Gasteiger partial charge >= 0.3 is 5.16 Å². The van der Waals surface area contributed by atoms with Gasteiger partial charge in [-0.1, -0.05) is 50.6 Å². The lowest BCUT2D eigenvalue weighted by Crippen LogP contribution is -2.27. The molecule has 4 heterocycles. The Morgan fingerprint density at radius 3 is 2.44 bits per heavy atom. The van der Waals surface area contributed by atoms with Crippen molar-refractivity contribution in [2.75, 3.05) is 6.26 Å². The van der Waals surface area contributed by atoms with Crippen LogP contribution in [0.1, 0.15) is 37.7 Å². The molecular formula is C29H27ClN6O2S. The third-order valence-electron chi connectivity index (χ3n) is 6.37. The van der Waals surface area contributed by atoms with E-state index in [0.29, 0.717) is 32.9 Å². The van der Waals surface area contributed by atoms with Gasteiger partial charge in [-0.15, -0.1) is 0 Å². The lowest BCUT2D eigenvalue weighted by molar-refractivity contribution is 0.555. The van der Waals surface area contributed by atoms with Crippen LogP contribution in [0.2, 0.25) is 5.02 Å². The smallest absolute Gasteiger partial charge is 0.344 e. The lowest BCUT2D eigenvalue weighted by Gasteiger charge is -2.22. The highest BCUT2D eigenvalue weighted by molar-refractivity contribution is 7.90. The second kappa shape index (κ2) is 10.5. The quantitative estimate of drug-likeness (QED) is 0.211. The molecule has 4 aromatic heterocycles. The average molecular weight is 559 g/mol. The molecule has 5 rings (SSSR count). The minimum Gasteiger partial charge on any atom is -0.609 e. The van der Waals surface area contributed by atoms with E-state index in [-0.39, 0.29) is 17.3 Å². The maximum atomic E-state index is 14.1. The molecule has 0 aliphatic rings. The molecule has 0 bridgehead atoms. The zero-order valence-corrected chi connectivity index (χ0v) is 23.8. The van der Waals surface area contributed by atoms with Gasteiger partial charge < -0.3 is 4.55 Å². The molecule has 0 amide bonds. The molecule has 0 fully saturated rings. The number of rotatable bonds is 5. The second-order valence-corrected chi connectivity index (χ2v) is 12.0. The van der Waals surface area contributed by atoms with Crippen LogP contribution >= 0.6 is 11.6 Å². The maximum Gasteiger partial charge on any atom is 0.344 e. The van der Waals surface area contributed by atoms with Crippen LogP contribution in [0, 0.1) is 6.92 Å². The predicted molar refractivity (Wildman–Crippen MR) is 154 cm³/mol. The molecule has 0 radical (unpaired) electrons. The summed E-state index contributed by atoms with van der Waals surface area (Å²) in [6.45, 7) is 8.19. The van der Waals surface area contributed by atoms with E-state index in [0.717, 1.165) is 22.5 Å². The largest absolute Gasteiger partial charge is 0.609 e. The minimum absolute atomic E-state index is 0.182. The molecule has 8 nitrogen and oxygen atoms in total. The van der Waals surface area contributed by atoms with Crippen molar-refractivity contribution in [1.82, 2.24) is 29.5 Å². The van der Waals surface area contributed by atoms with Crippen LogP contribution in [0.15, 0.2) is 71.1 Å². The van der Waals surface area contributed by atoms with Gasteiger partial charge in [-0.05, 0) is 30.7 Å². The van der Waals surface area contributed by atoms with E-state index in [2.05, 4.69) is 24.9 Å². The molecule has 0 aliphatic carbocycles. The Morgan fingerprint density at radius 2 is 1.79 bits per heavy atom. The van der Waals surface area contributed by atoms with E-state index >= 15 is 0 Å². The number of benzene rings is 1. The number of fused-ring (bicyclic) bond motifs is 1. The number of pyridine rings is 2. The summed E-state index contributed by atoms with van der Waals surface area (Å²) in [5, 5.41) is 1.28. The monoisotopic (exact) mass is 558 g/mol. The molecule has 0 spiro atoms. The number of hydrogen-bond acceptors (Lipinski definition) is 7. The summed E-state index contributed by atoms with van der Waals surface area (Å²) >= 11 is 5.38. The molecule has 0 saturated carbocycles. The number of aryl methyl sites for hydroxylation is 1. The fourth-order valence-corrected chi connectivity index (χ4v) is 5.23. The molecule has 198 valence electrons. The Bertz CT molecular complexity index is 1750. The number of hydrogen-bond donors (Lipinski definition) is 0. The van der Waals surface area contributed by atoms with Gasteiger partial charge in [0.1, 0.15) is 6.26 Å². The van der Waals surface area contributed by atoms with Crippen molar-refractivity contribution in [3.8, 4) is 22.4 Å². The van der Waals surface area contributed by atoms with Crippen molar-refractivity contribution in [3.63, 3.8) is 0 Å². The van der Waals surface area contributed by atoms with E-state index in [1.165, 1.54) is 6.26 Å². The topological polar surface area (TPSA) is 110 Å². The van der Waals surface area contributed by atoms with E-state index in [4.69, 9.17) is 11.6 Å². The average Bonchev–Trinajstić information content (AvgIpc) is 2.90. The van der Waals surface area contributed by atoms with Crippen LogP contribution < -0.4 is 5.56 Å². The van der Waals surface area contributed by atoms with Crippen molar-refractivity contribution in [1.29, 1.82) is 0 Å². The first-order valence-corrected chi connectivity index (χ1v) is 14.2. The molecule has 0 aliphatic heterocycles. The Hall–Kier alpha value is -3.66. The normalized spacial score (nSPS) is 12.6. The summed E-state index contributed by atoms with van der Waals surface area (Å²) in [7, 11) is 0. The lowest BCUT2D eigenvalue weighted by atomic mass is 9.89. The molecule has 39 heavy (non-hydrogen) atoms. The summed E-state index contributed by atoms with van der Waals surface area (Å²) < 4.78 is 14.1. The number of aromatic nitrogens is 6. The van der Waals surface area contributed by atoms with Gasteiger partial charge in [-0.2, -0.15) is 9.97 Å². The van der Waals surface area contributed by atoms with Crippen LogP contribution in [0.4, 0.5) is 0 Å². The maximum absolute atomic E-state index is 14.1. The highest BCUT2D eigenvalue weighted by atomic mass is 35.5. The van der Waals surface area contributed by atoms with Crippen LogP contribution in [-0.4, -0.2) is 40.3 Å². The number of halogens is 1. The van der Waals surface area contributed by atoms with Crippen molar-refractivity contribution in [2.24, 2.45) is 0 Å². The first kappa shape index (κ1) is 26.9. The SMILES string of the molecule is Cc1nccnc1-c1ccc(-c2cc3c(C(C)(C)C)nc([S+](C)[O-])nc3n(Cc3cccnc3)c2=O)c(Cl)c1. The molecule has 1 atom stereocenters. The van der Waals surface area contributed by atoms with Crippen molar-refractivity contribution in [3.05, 3.63) is 93.5 Å². The first-order chi connectivity index (χ1) is 18.5. The fourth-order valence-electron chi connectivity index (χ4n) is 4.51. The fraction of sp³-hybridized carbons (Fsp3) is 0.241. The standard InChI is InChI=1S/C29H27ClN6O2S/c1-17-24(33-12-11-32-17)19-8-9-20(23(30)13-19)21-14-22-25(29(2,3)4)34-28(39(5)38)35-26(22)36(27(21)37)16-18-7-6-10-31-15-18/h6-15H,16H2,1-5H3. The van der Waals surface area contributed by atoms with E-state index in [1.807, 2.05) is 52.0 Å². The zero-order valence-electron chi connectivity index (χ0n) is 22.3. The summed E-state index contributed by atoms with van der Waals surface area (Å²) in [6, 6.07) is 11.0. The highest BCUT2D eigenvalue weighted by Crippen LogP contribution is 2.35. The molecule has 0 N–H and O–H groups in total. The van der Waals surface area contributed by atoms with Crippen LogP contribution in [0.3, 0.4) is 0 Å². The minimum atomic E-state index is -1.44. The highest BCUT2D eigenvalue weighted by Gasteiger charge is 2.27. The van der Waals surface area contributed by atoms with E-state index < -0.39 is 16.6 Å². The van der Waals surface area contributed by atoms with Gasteiger partial charge in [0.05, 0.1) is 23.6 Å². The van der Waals surface area contributed by atoms with Gasteiger partial charge in [0, 0.05) is 68.5 Å². The van der Waals surface area contributed by atoms with Gasteiger partial charge in [0.2, 0.25) is 0 Å². The third kappa shape index (κ3) is 5.30.